The average molecular weight is 551 g/mol. The highest BCUT2D eigenvalue weighted by Gasteiger charge is 2.35. The zero-order valence-corrected chi connectivity index (χ0v) is 23.5. The molecule has 2 atom stereocenters. The quantitative estimate of drug-likeness (QED) is 0.0907. The molecule has 0 saturated carbocycles. The Morgan fingerprint density at radius 3 is 2.15 bits per heavy atom. The van der Waals surface area contributed by atoms with Crippen LogP contribution in [0.5, 0.6) is 0 Å². The number of nitrogens with two attached hydrogens (primary N) is 1. The van der Waals surface area contributed by atoms with Gasteiger partial charge in [0.25, 0.3) is 0 Å². The van der Waals surface area contributed by atoms with E-state index in [2.05, 4.69) is 33.0 Å². The molecular weight excluding hydrogens is 513 g/mol. The van der Waals surface area contributed by atoms with E-state index < -0.39 is 38.7 Å². The van der Waals surface area contributed by atoms with Gasteiger partial charge in [-0.05, 0) is 31.6 Å². The summed E-state index contributed by atoms with van der Waals surface area (Å²) in [6, 6.07) is 0. The number of carbonyl (C=O) groups excluding carboxylic acids is 1. The molecule has 34 heavy (non-hydrogen) atoms. The third kappa shape index (κ3) is 11.1. The molecule has 0 amide bonds. The highest BCUT2D eigenvalue weighted by atomic mass is 35.5. The van der Waals surface area contributed by atoms with Crippen molar-refractivity contribution in [2.75, 3.05) is 40.8 Å². The molecule has 0 fully saturated rings. The minimum atomic E-state index is -3.91. The van der Waals surface area contributed by atoms with Gasteiger partial charge in [0, 0.05) is 7.11 Å². The van der Waals surface area contributed by atoms with Crippen LogP contribution in [-0.4, -0.2) is 46.7 Å². The van der Waals surface area contributed by atoms with Gasteiger partial charge in [0.1, 0.15) is 23.8 Å². The summed E-state index contributed by atoms with van der Waals surface area (Å²) in [7, 11) is -1.35. The van der Waals surface area contributed by atoms with E-state index in [0.717, 1.165) is 0 Å². The van der Waals surface area contributed by atoms with E-state index in [-0.39, 0.29) is 39.8 Å². The topological polar surface area (TPSA) is 118 Å². The van der Waals surface area contributed by atoms with Gasteiger partial charge in [-0.1, -0.05) is 50.9 Å². The Labute approximate surface area is 212 Å². The van der Waals surface area contributed by atoms with Gasteiger partial charge in [0.2, 0.25) is 6.79 Å². The largest absolute Gasteiger partial charge is 0.494 e. The third-order valence-corrected chi connectivity index (χ3v) is 7.31. The van der Waals surface area contributed by atoms with Crippen molar-refractivity contribution in [2.45, 2.75) is 48.0 Å². The minimum absolute atomic E-state index is 0.0183. The zero-order valence-electron chi connectivity index (χ0n) is 21.1. The lowest BCUT2D eigenvalue weighted by Gasteiger charge is -2.33. The number of allylic oxidation sites excluding steroid dienone is 2. The molecule has 0 rings (SSSR count). The van der Waals surface area contributed by atoms with Gasteiger partial charge in [0.15, 0.2) is 12.6 Å². The maximum Gasteiger partial charge on any atom is 0.354 e. The van der Waals surface area contributed by atoms with E-state index in [0.29, 0.717) is 6.42 Å². The van der Waals surface area contributed by atoms with Gasteiger partial charge >= 0.3 is 13.6 Å². The number of hydrogen-bond donors (Lipinski definition) is 2. The molecule has 0 aromatic heterocycles. The number of alkyl halides is 1. The summed E-state index contributed by atoms with van der Waals surface area (Å²) in [5.74, 6) is -0.671. The lowest BCUT2D eigenvalue weighted by molar-refractivity contribution is -0.162. The summed E-state index contributed by atoms with van der Waals surface area (Å²) in [4.78, 5) is 12.6. The van der Waals surface area contributed by atoms with Crippen molar-refractivity contribution < 1.29 is 37.0 Å². The molecule has 0 bridgehead atoms. The van der Waals surface area contributed by atoms with Gasteiger partial charge in [-0.2, -0.15) is 0 Å². The Morgan fingerprint density at radius 2 is 1.68 bits per heavy atom. The average Bonchev–Trinajstić information content (AvgIpc) is 2.75. The highest BCUT2D eigenvalue weighted by Crippen LogP contribution is 2.47. The fourth-order valence-corrected chi connectivity index (χ4v) is 4.11. The maximum absolute atomic E-state index is 13.0. The molecule has 13 heteroatoms. The molecule has 0 aliphatic carbocycles. The van der Waals surface area contributed by atoms with Crippen molar-refractivity contribution in [3.05, 3.63) is 21.6 Å². The number of esters is 1. The van der Waals surface area contributed by atoms with E-state index in [9.17, 15) is 13.8 Å². The number of ether oxygens (including phenoxy) is 3. The summed E-state index contributed by atoms with van der Waals surface area (Å²) in [6.45, 7) is 9.90. The first kappa shape index (κ1) is 33.0. The van der Waals surface area contributed by atoms with E-state index in [1.165, 1.54) is 14.2 Å². The van der Waals surface area contributed by atoms with E-state index in [1.807, 2.05) is 0 Å². The zero-order chi connectivity index (χ0) is 26.7. The smallest absolute Gasteiger partial charge is 0.354 e. The second kappa shape index (κ2) is 14.5. The molecule has 0 heterocycles. The summed E-state index contributed by atoms with van der Waals surface area (Å²) in [5, 5.41) is 2.02. The first-order valence-corrected chi connectivity index (χ1v) is 13.0. The number of hydrogen-bond acceptors (Lipinski definition) is 9. The van der Waals surface area contributed by atoms with Gasteiger partial charge in [-0.3, -0.25) is 18.4 Å². The number of halogens is 3. The van der Waals surface area contributed by atoms with Crippen LogP contribution >= 0.6 is 30.8 Å². The van der Waals surface area contributed by atoms with Crippen LogP contribution in [0.15, 0.2) is 21.6 Å². The van der Waals surface area contributed by atoms with E-state index >= 15 is 0 Å². The lowest BCUT2D eigenvalue weighted by atomic mass is 9.72. The van der Waals surface area contributed by atoms with Crippen LogP contribution in [0.3, 0.4) is 0 Å². The van der Waals surface area contributed by atoms with Crippen molar-refractivity contribution in [1.82, 2.24) is 5.32 Å². The predicted molar refractivity (Wildman–Crippen MR) is 131 cm³/mol. The normalized spacial score (nSPS) is 16.7. The van der Waals surface area contributed by atoms with Gasteiger partial charge in [-0.15, -0.1) is 0 Å². The van der Waals surface area contributed by atoms with Gasteiger partial charge in [0.05, 0.1) is 17.6 Å². The van der Waals surface area contributed by atoms with Crippen molar-refractivity contribution in [3.63, 3.8) is 0 Å². The predicted octanol–water partition coefficient (Wildman–Crippen LogP) is 5.40. The first-order valence-electron chi connectivity index (χ1n) is 10.5. The Bertz CT molecular complexity index is 786. The van der Waals surface area contributed by atoms with Crippen molar-refractivity contribution >= 4 is 36.8 Å². The summed E-state index contributed by atoms with van der Waals surface area (Å²) < 4.78 is 51.2. The van der Waals surface area contributed by atoms with Crippen LogP contribution in [0.1, 0.15) is 48.0 Å². The fraction of sp³-hybridized carbons (Fsp3) is 0.762. The van der Waals surface area contributed by atoms with Crippen molar-refractivity contribution in [3.8, 4) is 0 Å². The van der Waals surface area contributed by atoms with Crippen LogP contribution in [-0.2, 0) is 32.6 Å². The fourth-order valence-electron chi connectivity index (χ4n) is 2.53. The number of rotatable bonds is 15. The molecule has 0 radical (unpaired) electrons. The number of nitrogens with one attached hydrogen (secondary N) is 1. The standard InChI is InChI=1S/C21H38Cl2FN2O7P/c1-14(20(2,3)4)9-21(5,6)19(27)31-13-33-34(28,32-12-29-7)11-26-18(25)16(23)17(30-8)15(22)10-24/h14,26H,9-13,25H2,1-8H3/b17-15-,18-16-. The third-order valence-electron chi connectivity index (χ3n) is 5.12. The molecule has 2 unspecified atom stereocenters. The lowest BCUT2D eigenvalue weighted by Crippen LogP contribution is -2.32. The first-order chi connectivity index (χ1) is 15.5. The molecule has 0 aromatic rings. The number of carbonyl (C=O) groups is 1. The molecule has 0 aliphatic rings. The molecule has 0 saturated heterocycles. The van der Waals surface area contributed by atoms with E-state index in [1.54, 1.807) is 13.8 Å². The van der Waals surface area contributed by atoms with Crippen LogP contribution in [0.2, 0.25) is 0 Å². The Kier molecular flexibility index (Phi) is 14.1. The summed E-state index contributed by atoms with van der Waals surface area (Å²) >= 11 is 11.8. The molecule has 0 aromatic carbocycles. The molecular formula is C21H38Cl2FN2O7P. The molecule has 200 valence electrons. The van der Waals surface area contributed by atoms with Crippen LogP contribution in [0.25, 0.3) is 0 Å². The molecule has 9 nitrogen and oxygen atoms in total. The molecule has 0 aliphatic heterocycles. The molecule has 0 spiro atoms. The van der Waals surface area contributed by atoms with Crippen molar-refractivity contribution in [2.24, 2.45) is 22.5 Å². The second-order valence-electron chi connectivity index (χ2n) is 9.31. The SMILES string of the molecule is COCOP(=O)(CN/C(N)=C(Cl)/C(OC)=C(/Cl)CF)OCOC(=O)C(C)(C)CC(C)C(C)(C)C. The van der Waals surface area contributed by atoms with E-state index in [4.69, 9.17) is 52.2 Å². The van der Waals surface area contributed by atoms with Crippen LogP contribution in [0.4, 0.5) is 4.39 Å². The minimum Gasteiger partial charge on any atom is -0.494 e. The monoisotopic (exact) mass is 550 g/mol. The Balaban J connectivity index is 5.25. The van der Waals surface area contributed by atoms with Crippen LogP contribution < -0.4 is 11.1 Å². The van der Waals surface area contributed by atoms with Crippen molar-refractivity contribution in [1.29, 1.82) is 0 Å². The Hall–Kier alpha value is -1.03. The highest BCUT2D eigenvalue weighted by molar-refractivity contribution is 7.53. The maximum atomic E-state index is 13.0. The van der Waals surface area contributed by atoms with Gasteiger partial charge < -0.3 is 25.3 Å². The number of methoxy groups -OCH3 is 2. The summed E-state index contributed by atoms with van der Waals surface area (Å²) in [5.41, 5.74) is 5.06. The van der Waals surface area contributed by atoms with Crippen LogP contribution in [0, 0.1) is 16.7 Å². The molecule has 3 N–H and O–H groups in total. The van der Waals surface area contributed by atoms with Gasteiger partial charge in [-0.25, -0.2) is 4.39 Å². The summed E-state index contributed by atoms with van der Waals surface area (Å²) in [6.07, 6.45) is 0.121. The Morgan fingerprint density at radius 1 is 1.12 bits per heavy atom. The second-order valence-corrected chi connectivity index (χ2v) is 12.2.